The van der Waals surface area contributed by atoms with Crippen LogP contribution in [-0.2, 0) is 20.0 Å². The van der Waals surface area contributed by atoms with Gasteiger partial charge in [-0.2, -0.15) is 0 Å². The van der Waals surface area contributed by atoms with Crippen molar-refractivity contribution in [1.82, 2.24) is 15.0 Å². The van der Waals surface area contributed by atoms with E-state index in [1.807, 2.05) is 37.3 Å². The number of sulfonamides is 2. The molecule has 0 fully saturated rings. The number of pyridine rings is 3. The third-order valence-electron chi connectivity index (χ3n) is 6.76. The molecule has 0 atom stereocenters. The van der Waals surface area contributed by atoms with E-state index in [0.29, 0.717) is 29.1 Å². The van der Waals surface area contributed by atoms with Gasteiger partial charge >= 0.3 is 0 Å². The molecule has 252 valence electrons. The Morgan fingerprint density at radius 1 is 0.612 bits per heavy atom. The first kappa shape index (κ1) is 35.3. The predicted molar refractivity (Wildman–Crippen MR) is 194 cm³/mol. The van der Waals surface area contributed by atoms with Gasteiger partial charge in [-0.15, -0.1) is 0 Å². The summed E-state index contributed by atoms with van der Waals surface area (Å²) in [4.78, 5) is 13.1. The Labute approximate surface area is 293 Å². The van der Waals surface area contributed by atoms with Gasteiger partial charge in [0.15, 0.2) is 0 Å². The average Bonchev–Trinajstić information content (AvgIpc) is 3.11. The smallest absolute Gasteiger partial charge is 0.262 e. The van der Waals surface area contributed by atoms with Crippen molar-refractivity contribution >= 4 is 58.3 Å². The lowest BCUT2D eigenvalue weighted by Gasteiger charge is -2.14. The van der Waals surface area contributed by atoms with E-state index in [1.54, 1.807) is 74.0 Å². The number of hydrogen-bond donors (Lipinski definition) is 2. The summed E-state index contributed by atoms with van der Waals surface area (Å²) in [5, 5.41) is 0.991. The van der Waals surface area contributed by atoms with Gasteiger partial charge in [0.1, 0.15) is 11.4 Å². The van der Waals surface area contributed by atoms with Crippen LogP contribution in [0.5, 0.6) is 11.8 Å². The fraction of sp³-hybridized carbons (Fsp3) is 0.114. The maximum Gasteiger partial charge on any atom is 0.262 e. The number of halogens is 1. The van der Waals surface area contributed by atoms with Crippen LogP contribution < -0.4 is 18.9 Å². The first-order valence-electron chi connectivity index (χ1n) is 15.0. The summed E-state index contributed by atoms with van der Waals surface area (Å²) >= 11 is 3.26. The highest BCUT2D eigenvalue weighted by Crippen LogP contribution is 2.32. The number of rotatable bonds is 11. The van der Waals surface area contributed by atoms with E-state index >= 15 is 0 Å². The zero-order valence-corrected chi connectivity index (χ0v) is 29.7. The van der Waals surface area contributed by atoms with Crippen molar-refractivity contribution in [3.63, 3.8) is 0 Å². The summed E-state index contributed by atoms with van der Waals surface area (Å²) in [6.45, 7) is 4.39. The van der Waals surface area contributed by atoms with Crippen molar-refractivity contribution < 1.29 is 26.3 Å². The summed E-state index contributed by atoms with van der Waals surface area (Å²) in [6, 6.07) is 29.4. The monoisotopic (exact) mass is 761 g/mol. The molecule has 0 spiro atoms. The Balaban J connectivity index is 0.000000205. The summed E-state index contributed by atoms with van der Waals surface area (Å²) in [7, 11) is -7.43. The highest BCUT2D eigenvalue weighted by atomic mass is 79.9. The molecule has 0 saturated carbocycles. The maximum absolute atomic E-state index is 12.8. The minimum atomic E-state index is -3.77. The number of hydrogen-bond acceptors (Lipinski definition) is 9. The first-order valence-corrected chi connectivity index (χ1v) is 18.8. The van der Waals surface area contributed by atoms with Gasteiger partial charge in [-0.25, -0.2) is 26.8 Å². The summed E-state index contributed by atoms with van der Waals surface area (Å²) in [5.74, 6) is 0.480. The molecule has 3 aromatic heterocycles. The van der Waals surface area contributed by atoms with E-state index in [-0.39, 0.29) is 21.6 Å². The minimum Gasteiger partial charge on any atom is -0.476 e. The molecule has 3 aromatic carbocycles. The fourth-order valence-electron chi connectivity index (χ4n) is 4.55. The van der Waals surface area contributed by atoms with Crippen LogP contribution >= 0.6 is 15.9 Å². The second-order valence-corrected chi connectivity index (χ2v) is 14.5. The molecule has 6 rings (SSSR count). The van der Waals surface area contributed by atoms with Crippen LogP contribution in [0.15, 0.2) is 136 Å². The number of ether oxygens (including phenoxy) is 2. The van der Waals surface area contributed by atoms with Gasteiger partial charge in [0.2, 0.25) is 11.8 Å². The summed E-state index contributed by atoms with van der Waals surface area (Å²) < 4.78 is 66.7. The molecular weight excluding hydrogens is 730 g/mol. The summed E-state index contributed by atoms with van der Waals surface area (Å²) in [5.41, 5.74) is 3.15. The molecule has 0 radical (unpaired) electrons. The lowest BCUT2D eigenvalue weighted by atomic mass is 10.0. The molecule has 0 unspecified atom stereocenters. The molecule has 3 heterocycles. The number of aromatic nitrogens is 3. The molecular formula is C35H32BrN5O6S2. The summed E-state index contributed by atoms with van der Waals surface area (Å²) in [6.07, 6.45) is 4.96. The normalized spacial score (nSPS) is 11.2. The van der Waals surface area contributed by atoms with E-state index in [4.69, 9.17) is 9.47 Å². The van der Waals surface area contributed by atoms with Gasteiger partial charge in [0.05, 0.1) is 28.5 Å². The molecule has 0 aliphatic heterocycles. The van der Waals surface area contributed by atoms with Crippen molar-refractivity contribution in [3.05, 3.63) is 126 Å². The number of benzene rings is 3. The van der Waals surface area contributed by atoms with E-state index < -0.39 is 20.0 Å². The van der Waals surface area contributed by atoms with Crippen molar-refractivity contribution in [2.45, 2.75) is 23.6 Å². The molecule has 0 bridgehead atoms. The van der Waals surface area contributed by atoms with Crippen molar-refractivity contribution in [2.75, 3.05) is 22.7 Å². The number of fused-ring (bicyclic) bond motifs is 1. The number of anilines is 2. The topological polar surface area (TPSA) is 149 Å². The van der Waals surface area contributed by atoms with Gasteiger partial charge in [-0.1, -0.05) is 48.5 Å². The van der Waals surface area contributed by atoms with Gasteiger partial charge < -0.3 is 9.47 Å². The third-order valence-corrected chi connectivity index (χ3v) is 9.96. The van der Waals surface area contributed by atoms with Gasteiger partial charge in [0.25, 0.3) is 20.0 Å². The van der Waals surface area contributed by atoms with E-state index in [2.05, 4.69) is 40.3 Å². The SMILES string of the molecule is CCOc1ncc(-c2ccc3ncccc3c2)cc1NS(=O)(=O)c1ccccc1.CCOc1ncc(Br)cc1NS(=O)(=O)c1ccccc1. The highest BCUT2D eigenvalue weighted by molar-refractivity contribution is 9.10. The van der Waals surface area contributed by atoms with E-state index in [1.165, 1.54) is 24.3 Å². The first-order chi connectivity index (χ1) is 23.6. The Morgan fingerprint density at radius 2 is 1.16 bits per heavy atom. The zero-order valence-electron chi connectivity index (χ0n) is 26.4. The molecule has 6 aromatic rings. The largest absolute Gasteiger partial charge is 0.476 e. The molecule has 2 N–H and O–H groups in total. The van der Waals surface area contributed by atoms with Crippen LogP contribution in [0.2, 0.25) is 0 Å². The van der Waals surface area contributed by atoms with Crippen molar-refractivity contribution in [1.29, 1.82) is 0 Å². The van der Waals surface area contributed by atoms with Crippen LogP contribution in [0.1, 0.15) is 13.8 Å². The van der Waals surface area contributed by atoms with Crippen molar-refractivity contribution in [3.8, 4) is 22.9 Å². The van der Waals surface area contributed by atoms with E-state index in [0.717, 1.165) is 22.0 Å². The van der Waals surface area contributed by atoms with Crippen LogP contribution in [-0.4, -0.2) is 45.0 Å². The Morgan fingerprint density at radius 3 is 1.73 bits per heavy atom. The quantitative estimate of drug-likeness (QED) is 0.137. The molecule has 0 amide bonds. The Hall–Kier alpha value is -5.05. The van der Waals surface area contributed by atoms with Crippen LogP contribution in [0, 0.1) is 0 Å². The fourth-order valence-corrected chi connectivity index (χ4v) is 7.02. The second kappa shape index (κ2) is 15.9. The molecule has 0 aliphatic carbocycles. The molecule has 0 aliphatic rings. The number of nitrogens with zero attached hydrogens (tertiary/aromatic N) is 3. The molecule has 49 heavy (non-hydrogen) atoms. The average molecular weight is 763 g/mol. The van der Waals surface area contributed by atoms with Crippen LogP contribution in [0.4, 0.5) is 11.4 Å². The van der Waals surface area contributed by atoms with Gasteiger partial charge in [-0.05, 0) is 89.9 Å². The zero-order chi connectivity index (χ0) is 34.9. The van der Waals surface area contributed by atoms with Crippen LogP contribution in [0.25, 0.3) is 22.0 Å². The lowest BCUT2D eigenvalue weighted by molar-refractivity contribution is 0.328. The van der Waals surface area contributed by atoms with Crippen LogP contribution in [0.3, 0.4) is 0 Å². The Bertz CT molecular complexity index is 2260. The standard InChI is InChI=1S/C22H19N3O3S.C13H13BrN2O3S/c1-2-28-22-21(25-29(26,27)19-8-4-3-5-9-19)14-18(15-24-22)16-10-11-20-17(13-16)7-6-12-23-20;1-2-19-13-12(8-10(14)9-15-13)16-20(17,18)11-6-4-3-5-7-11/h3-15,25H,2H2,1H3;3-9,16H,2H2,1H3. The third kappa shape index (κ3) is 9.10. The van der Waals surface area contributed by atoms with Gasteiger partial charge in [0, 0.05) is 34.0 Å². The lowest BCUT2D eigenvalue weighted by Crippen LogP contribution is -2.14. The van der Waals surface area contributed by atoms with E-state index in [9.17, 15) is 16.8 Å². The minimum absolute atomic E-state index is 0.171. The van der Waals surface area contributed by atoms with Crippen molar-refractivity contribution in [2.24, 2.45) is 0 Å². The predicted octanol–water partition coefficient (Wildman–Crippen LogP) is 7.54. The second-order valence-electron chi connectivity index (χ2n) is 10.2. The number of nitrogens with one attached hydrogen (secondary N) is 2. The highest BCUT2D eigenvalue weighted by Gasteiger charge is 2.19. The molecule has 0 saturated heterocycles. The Kier molecular flexibility index (Phi) is 11.4. The molecule has 14 heteroatoms. The van der Waals surface area contributed by atoms with Gasteiger partial charge in [-0.3, -0.25) is 14.4 Å². The molecule has 11 nitrogen and oxygen atoms in total. The maximum atomic E-state index is 12.8.